The number of benzene rings is 1. The number of hydrogen-bond donors (Lipinski definition) is 4. The van der Waals surface area contributed by atoms with Crippen LogP contribution in [0.15, 0.2) is 12.1 Å². The maximum atomic E-state index is 11.1. The lowest BCUT2D eigenvalue weighted by Gasteiger charge is -2.17. The van der Waals surface area contributed by atoms with E-state index >= 15 is 0 Å². The van der Waals surface area contributed by atoms with E-state index in [9.17, 15) is 25.2 Å². The molecule has 2 unspecified atom stereocenters. The van der Waals surface area contributed by atoms with Gasteiger partial charge in [0.15, 0.2) is 17.6 Å². The van der Waals surface area contributed by atoms with E-state index < -0.39 is 29.7 Å². The van der Waals surface area contributed by atoms with Crippen molar-refractivity contribution < 1.29 is 34.7 Å². The van der Waals surface area contributed by atoms with Crippen LogP contribution in [0.2, 0.25) is 0 Å². The van der Waals surface area contributed by atoms with E-state index in [-0.39, 0.29) is 11.3 Å². The van der Waals surface area contributed by atoms with Gasteiger partial charge in [0.05, 0.1) is 14.2 Å². The van der Waals surface area contributed by atoms with Gasteiger partial charge in [0, 0.05) is 0 Å². The first-order valence-corrected chi connectivity index (χ1v) is 4.96. The van der Waals surface area contributed by atoms with Crippen LogP contribution < -0.4 is 4.74 Å². The van der Waals surface area contributed by atoms with Gasteiger partial charge in [0.1, 0.15) is 6.10 Å². The number of aliphatic hydroxyl groups is 2. The molecule has 2 atom stereocenters. The van der Waals surface area contributed by atoms with Crippen LogP contribution in [0.5, 0.6) is 17.2 Å². The lowest BCUT2D eigenvalue weighted by Crippen LogP contribution is -2.29. The average molecular weight is 258 g/mol. The largest absolute Gasteiger partial charge is 0.504 e. The standard InChI is InChI=1S/C11H14O7/c1-17-7-4-5(3-6(12)9(7)14)8(13)10(15)11(16)18-2/h3-4,8,10,12-15H,1-2H3. The number of carbonyl (C=O) groups is 1. The number of aliphatic hydroxyl groups excluding tert-OH is 2. The quantitative estimate of drug-likeness (QED) is 0.431. The Balaban J connectivity index is 3.10. The van der Waals surface area contributed by atoms with Crippen molar-refractivity contribution in [1.29, 1.82) is 0 Å². The summed E-state index contributed by atoms with van der Waals surface area (Å²) in [4.78, 5) is 11.1. The molecular formula is C11H14O7. The summed E-state index contributed by atoms with van der Waals surface area (Å²) in [6.07, 6.45) is -3.42. The Hall–Kier alpha value is -1.99. The van der Waals surface area contributed by atoms with Crippen LogP contribution in [0.25, 0.3) is 0 Å². The molecule has 0 fully saturated rings. The van der Waals surface area contributed by atoms with Gasteiger partial charge < -0.3 is 29.9 Å². The van der Waals surface area contributed by atoms with Crippen LogP contribution in [0.3, 0.4) is 0 Å². The lowest BCUT2D eigenvalue weighted by atomic mass is 10.0. The van der Waals surface area contributed by atoms with Gasteiger partial charge in [-0.3, -0.25) is 0 Å². The average Bonchev–Trinajstić information content (AvgIpc) is 2.38. The summed E-state index contributed by atoms with van der Waals surface area (Å²) in [5.41, 5.74) is 0.0000463. The number of phenols is 2. The highest BCUT2D eigenvalue weighted by Crippen LogP contribution is 2.38. The summed E-state index contributed by atoms with van der Waals surface area (Å²) in [6, 6.07) is 2.19. The van der Waals surface area contributed by atoms with Crippen LogP contribution in [-0.2, 0) is 9.53 Å². The minimum atomic E-state index is -1.80. The Bertz CT molecular complexity index is 443. The second kappa shape index (κ2) is 5.56. The van der Waals surface area contributed by atoms with Crippen LogP contribution >= 0.6 is 0 Å². The molecule has 1 rings (SSSR count). The van der Waals surface area contributed by atoms with E-state index in [4.69, 9.17) is 4.74 Å². The smallest absolute Gasteiger partial charge is 0.337 e. The first-order chi connectivity index (χ1) is 8.42. The van der Waals surface area contributed by atoms with Gasteiger partial charge in [-0.05, 0) is 17.7 Å². The van der Waals surface area contributed by atoms with Gasteiger partial charge in [-0.25, -0.2) is 4.79 Å². The summed E-state index contributed by atoms with van der Waals surface area (Å²) in [6.45, 7) is 0. The van der Waals surface area contributed by atoms with E-state index in [1.54, 1.807) is 0 Å². The Morgan fingerprint density at radius 2 is 1.83 bits per heavy atom. The number of rotatable bonds is 4. The molecule has 1 aromatic rings. The highest BCUT2D eigenvalue weighted by Gasteiger charge is 2.28. The third kappa shape index (κ3) is 2.63. The minimum Gasteiger partial charge on any atom is -0.504 e. The van der Waals surface area contributed by atoms with Gasteiger partial charge >= 0.3 is 5.97 Å². The molecule has 0 spiro atoms. The maximum Gasteiger partial charge on any atom is 0.337 e. The van der Waals surface area contributed by atoms with Crippen LogP contribution in [0, 0.1) is 0 Å². The number of carbonyl (C=O) groups excluding carboxylic acids is 1. The molecule has 7 nitrogen and oxygen atoms in total. The van der Waals surface area contributed by atoms with Crippen LogP contribution in [0.4, 0.5) is 0 Å². The molecule has 0 saturated heterocycles. The Kier molecular flexibility index (Phi) is 4.35. The molecule has 0 radical (unpaired) electrons. The van der Waals surface area contributed by atoms with Crippen LogP contribution in [-0.4, -0.2) is 46.7 Å². The zero-order valence-electron chi connectivity index (χ0n) is 9.82. The van der Waals surface area contributed by atoms with Crippen molar-refractivity contribution in [3.8, 4) is 17.2 Å². The molecule has 0 aliphatic heterocycles. The fraction of sp³-hybridized carbons (Fsp3) is 0.364. The van der Waals surface area contributed by atoms with E-state index in [1.165, 1.54) is 13.2 Å². The zero-order chi connectivity index (χ0) is 13.9. The number of aromatic hydroxyl groups is 2. The van der Waals surface area contributed by atoms with Gasteiger partial charge in [0.25, 0.3) is 0 Å². The molecule has 0 bridgehead atoms. The molecule has 100 valence electrons. The fourth-order valence-electron chi connectivity index (χ4n) is 1.37. The summed E-state index contributed by atoms with van der Waals surface area (Å²) in [7, 11) is 2.31. The van der Waals surface area contributed by atoms with E-state index in [2.05, 4.69) is 4.74 Å². The third-order valence-electron chi connectivity index (χ3n) is 2.38. The molecule has 7 heteroatoms. The van der Waals surface area contributed by atoms with Crippen LogP contribution in [0.1, 0.15) is 11.7 Å². The molecule has 0 aliphatic carbocycles. The van der Waals surface area contributed by atoms with Crippen molar-refractivity contribution in [2.75, 3.05) is 14.2 Å². The second-order valence-electron chi connectivity index (χ2n) is 3.50. The summed E-state index contributed by atoms with van der Waals surface area (Å²) >= 11 is 0. The first kappa shape index (κ1) is 14.1. The molecule has 0 aromatic heterocycles. The monoisotopic (exact) mass is 258 g/mol. The number of hydrogen-bond acceptors (Lipinski definition) is 7. The summed E-state index contributed by atoms with van der Waals surface area (Å²) in [5, 5.41) is 38.0. The maximum absolute atomic E-state index is 11.1. The van der Waals surface area contributed by atoms with E-state index in [0.29, 0.717) is 0 Å². The molecule has 0 saturated carbocycles. The summed E-state index contributed by atoms with van der Waals surface area (Å²) < 4.78 is 9.04. The predicted molar refractivity (Wildman–Crippen MR) is 59.3 cm³/mol. The van der Waals surface area contributed by atoms with Gasteiger partial charge in [-0.2, -0.15) is 0 Å². The number of esters is 1. The zero-order valence-corrected chi connectivity index (χ0v) is 9.82. The molecule has 0 heterocycles. The van der Waals surface area contributed by atoms with Crippen molar-refractivity contribution in [1.82, 2.24) is 0 Å². The Morgan fingerprint density at radius 3 is 2.33 bits per heavy atom. The molecule has 0 aliphatic rings. The highest BCUT2D eigenvalue weighted by atomic mass is 16.5. The normalized spacial score (nSPS) is 13.8. The number of phenolic OH excluding ortho intramolecular Hbond substituents is 2. The third-order valence-corrected chi connectivity index (χ3v) is 2.38. The van der Waals surface area contributed by atoms with Gasteiger partial charge in [-0.15, -0.1) is 0 Å². The molecule has 1 aromatic carbocycles. The molecule has 4 N–H and O–H groups in total. The first-order valence-electron chi connectivity index (χ1n) is 4.96. The molecule has 0 amide bonds. The van der Waals surface area contributed by atoms with Crippen molar-refractivity contribution in [3.63, 3.8) is 0 Å². The minimum absolute atomic E-state index is 0.0000463. The van der Waals surface area contributed by atoms with Crippen molar-refractivity contribution in [3.05, 3.63) is 17.7 Å². The fourth-order valence-corrected chi connectivity index (χ4v) is 1.37. The van der Waals surface area contributed by atoms with Crippen molar-refractivity contribution in [2.45, 2.75) is 12.2 Å². The summed E-state index contributed by atoms with van der Waals surface area (Å²) in [5.74, 6) is -2.16. The van der Waals surface area contributed by atoms with E-state index in [1.807, 2.05) is 0 Å². The lowest BCUT2D eigenvalue weighted by molar-refractivity contribution is -0.156. The van der Waals surface area contributed by atoms with Gasteiger partial charge in [-0.1, -0.05) is 0 Å². The Labute approximate surface area is 103 Å². The topological polar surface area (TPSA) is 116 Å². The number of methoxy groups -OCH3 is 2. The van der Waals surface area contributed by atoms with Gasteiger partial charge in [0.2, 0.25) is 5.75 Å². The highest BCUT2D eigenvalue weighted by molar-refractivity contribution is 5.75. The molecule has 18 heavy (non-hydrogen) atoms. The second-order valence-corrected chi connectivity index (χ2v) is 3.50. The van der Waals surface area contributed by atoms with Crippen molar-refractivity contribution in [2.24, 2.45) is 0 Å². The predicted octanol–water partition coefficient (Wildman–Crippen LogP) is -0.326. The SMILES string of the molecule is COC(=O)C(O)C(O)c1cc(O)c(O)c(OC)c1. The van der Waals surface area contributed by atoms with Crippen molar-refractivity contribution >= 4 is 5.97 Å². The number of ether oxygens (including phenoxy) is 2. The Morgan fingerprint density at radius 1 is 1.22 bits per heavy atom. The molecular weight excluding hydrogens is 244 g/mol. The van der Waals surface area contributed by atoms with E-state index in [0.717, 1.165) is 13.2 Å².